The number of rotatable bonds is 7. The van der Waals surface area contributed by atoms with Crippen molar-refractivity contribution in [3.8, 4) is 5.75 Å². The summed E-state index contributed by atoms with van der Waals surface area (Å²) in [6, 6.07) is 17.4. The van der Waals surface area contributed by atoms with E-state index < -0.39 is 11.8 Å². The molecule has 1 fully saturated rings. The second kappa shape index (κ2) is 10.6. The van der Waals surface area contributed by atoms with Crippen molar-refractivity contribution in [1.29, 1.82) is 0 Å². The van der Waals surface area contributed by atoms with Gasteiger partial charge >= 0.3 is 11.8 Å². The minimum absolute atomic E-state index is 0.215. The molecule has 1 unspecified atom stereocenters. The predicted octanol–water partition coefficient (Wildman–Crippen LogP) is 1.81. The molecule has 30 heavy (non-hydrogen) atoms. The number of carbonyl (C=O) groups excluding carboxylic acids is 2. The molecule has 1 aliphatic heterocycles. The van der Waals surface area contributed by atoms with Gasteiger partial charge in [-0.15, -0.1) is 0 Å². The highest BCUT2D eigenvalue weighted by Crippen LogP contribution is 2.28. The van der Waals surface area contributed by atoms with Crippen LogP contribution in [0.15, 0.2) is 54.6 Å². The van der Waals surface area contributed by atoms with E-state index in [0.717, 1.165) is 43.2 Å². The van der Waals surface area contributed by atoms with E-state index in [1.54, 1.807) is 7.11 Å². The van der Waals surface area contributed by atoms with Crippen LogP contribution in [0.5, 0.6) is 5.75 Å². The minimum atomic E-state index is -0.604. The van der Waals surface area contributed by atoms with E-state index >= 15 is 0 Å². The zero-order valence-corrected chi connectivity index (χ0v) is 17.6. The van der Waals surface area contributed by atoms with Crippen molar-refractivity contribution in [2.45, 2.75) is 13.0 Å². The lowest BCUT2D eigenvalue weighted by Gasteiger charge is -2.36. The van der Waals surface area contributed by atoms with Crippen LogP contribution in [0, 0.1) is 0 Å². The molecule has 2 aromatic carbocycles. The Hall–Kier alpha value is -3.06. The SMILES string of the molecule is COc1ccccc1N1CCN(CCNC(=O)C(=O)NC(C)c2ccccc2)CC1. The first-order valence-electron chi connectivity index (χ1n) is 10.3. The van der Waals surface area contributed by atoms with Gasteiger partial charge in [-0.1, -0.05) is 42.5 Å². The third-order valence-electron chi connectivity index (χ3n) is 5.37. The molecule has 160 valence electrons. The van der Waals surface area contributed by atoms with Crippen LogP contribution in [0.25, 0.3) is 0 Å². The Morgan fingerprint density at radius 3 is 2.33 bits per heavy atom. The Labute approximate surface area is 178 Å². The van der Waals surface area contributed by atoms with E-state index in [4.69, 9.17) is 4.74 Å². The van der Waals surface area contributed by atoms with Crippen LogP contribution in [0.4, 0.5) is 5.69 Å². The van der Waals surface area contributed by atoms with Gasteiger partial charge in [0.1, 0.15) is 5.75 Å². The number of piperazine rings is 1. The van der Waals surface area contributed by atoms with Gasteiger partial charge in [0.2, 0.25) is 0 Å². The molecule has 2 N–H and O–H groups in total. The second-order valence-electron chi connectivity index (χ2n) is 7.36. The van der Waals surface area contributed by atoms with Gasteiger partial charge in [-0.25, -0.2) is 0 Å². The molecule has 2 amide bonds. The normalized spacial score (nSPS) is 15.3. The van der Waals surface area contributed by atoms with Gasteiger partial charge in [-0.05, 0) is 24.6 Å². The highest BCUT2D eigenvalue weighted by Gasteiger charge is 2.20. The number of nitrogens with one attached hydrogen (secondary N) is 2. The summed E-state index contributed by atoms with van der Waals surface area (Å²) < 4.78 is 5.45. The highest BCUT2D eigenvalue weighted by molar-refractivity contribution is 6.35. The molecule has 0 radical (unpaired) electrons. The average Bonchev–Trinajstić information content (AvgIpc) is 2.80. The maximum atomic E-state index is 12.1. The quantitative estimate of drug-likeness (QED) is 0.681. The van der Waals surface area contributed by atoms with Crippen molar-refractivity contribution < 1.29 is 14.3 Å². The molecule has 0 bridgehead atoms. The standard InChI is InChI=1S/C23H30N4O3/c1-18(19-8-4-3-5-9-19)25-23(29)22(28)24-12-13-26-14-16-27(17-15-26)20-10-6-7-11-21(20)30-2/h3-11,18H,12-17H2,1-2H3,(H,24,28)(H,25,29). The van der Waals surface area contributed by atoms with Gasteiger partial charge in [0.05, 0.1) is 18.8 Å². The van der Waals surface area contributed by atoms with Gasteiger partial charge in [0.25, 0.3) is 0 Å². The second-order valence-corrected chi connectivity index (χ2v) is 7.36. The fourth-order valence-corrected chi connectivity index (χ4v) is 3.60. The van der Waals surface area contributed by atoms with E-state index in [9.17, 15) is 9.59 Å². The minimum Gasteiger partial charge on any atom is -0.495 e. The van der Waals surface area contributed by atoms with Gasteiger partial charge in [-0.3, -0.25) is 14.5 Å². The Kier molecular flexibility index (Phi) is 7.68. The third kappa shape index (κ3) is 5.73. The number of hydrogen-bond acceptors (Lipinski definition) is 5. The Balaban J connectivity index is 1.37. The van der Waals surface area contributed by atoms with E-state index in [1.807, 2.05) is 55.5 Å². The molecule has 0 aromatic heterocycles. The van der Waals surface area contributed by atoms with Crippen molar-refractivity contribution in [3.05, 3.63) is 60.2 Å². The number of nitrogens with zero attached hydrogens (tertiary/aromatic N) is 2. The summed E-state index contributed by atoms with van der Waals surface area (Å²) in [5, 5.41) is 5.46. The van der Waals surface area contributed by atoms with E-state index in [2.05, 4.69) is 26.5 Å². The van der Waals surface area contributed by atoms with Crippen molar-refractivity contribution in [3.63, 3.8) is 0 Å². The van der Waals surface area contributed by atoms with Crippen LogP contribution in [0.3, 0.4) is 0 Å². The summed E-state index contributed by atoms with van der Waals surface area (Å²) in [6.45, 7) is 6.60. The monoisotopic (exact) mass is 410 g/mol. The van der Waals surface area contributed by atoms with Crippen LogP contribution in [-0.4, -0.2) is 63.1 Å². The summed E-state index contributed by atoms with van der Waals surface area (Å²) in [5.41, 5.74) is 2.07. The van der Waals surface area contributed by atoms with Gasteiger partial charge in [0, 0.05) is 39.3 Å². The number of amides is 2. The van der Waals surface area contributed by atoms with Crippen molar-refractivity contribution in [2.75, 3.05) is 51.3 Å². The third-order valence-corrected chi connectivity index (χ3v) is 5.37. The lowest BCUT2D eigenvalue weighted by molar-refractivity contribution is -0.139. The zero-order valence-electron chi connectivity index (χ0n) is 17.6. The fraction of sp³-hybridized carbons (Fsp3) is 0.391. The number of anilines is 1. The first-order chi connectivity index (χ1) is 14.6. The molecule has 3 rings (SSSR count). The van der Waals surface area contributed by atoms with Crippen LogP contribution in [0.1, 0.15) is 18.5 Å². The molecular formula is C23H30N4O3. The number of carbonyl (C=O) groups is 2. The van der Waals surface area contributed by atoms with Crippen LogP contribution < -0.4 is 20.3 Å². The molecule has 0 aliphatic carbocycles. The first kappa shape index (κ1) is 21.6. The maximum absolute atomic E-state index is 12.1. The van der Waals surface area contributed by atoms with Crippen LogP contribution in [0.2, 0.25) is 0 Å². The predicted molar refractivity (Wildman–Crippen MR) is 118 cm³/mol. The number of ether oxygens (including phenoxy) is 1. The summed E-state index contributed by atoms with van der Waals surface area (Å²) in [5.74, 6) is -0.313. The Morgan fingerprint density at radius 1 is 0.967 bits per heavy atom. The fourth-order valence-electron chi connectivity index (χ4n) is 3.60. The summed E-state index contributed by atoms with van der Waals surface area (Å²) in [7, 11) is 1.69. The molecule has 2 aromatic rings. The summed E-state index contributed by atoms with van der Waals surface area (Å²) in [4.78, 5) is 28.8. The lowest BCUT2D eigenvalue weighted by atomic mass is 10.1. The summed E-state index contributed by atoms with van der Waals surface area (Å²) in [6.07, 6.45) is 0. The Bertz CT molecular complexity index is 835. The van der Waals surface area contributed by atoms with Gasteiger partial charge in [-0.2, -0.15) is 0 Å². The number of para-hydroxylation sites is 2. The van der Waals surface area contributed by atoms with Crippen LogP contribution >= 0.6 is 0 Å². The number of methoxy groups -OCH3 is 1. The molecule has 7 heteroatoms. The topological polar surface area (TPSA) is 73.9 Å². The zero-order chi connectivity index (χ0) is 21.3. The Morgan fingerprint density at radius 2 is 1.63 bits per heavy atom. The van der Waals surface area contributed by atoms with Crippen molar-refractivity contribution in [1.82, 2.24) is 15.5 Å². The van der Waals surface area contributed by atoms with Crippen LogP contribution in [-0.2, 0) is 9.59 Å². The molecule has 1 heterocycles. The van der Waals surface area contributed by atoms with Crippen molar-refractivity contribution >= 4 is 17.5 Å². The first-order valence-corrected chi connectivity index (χ1v) is 10.3. The van der Waals surface area contributed by atoms with E-state index in [0.29, 0.717) is 13.1 Å². The van der Waals surface area contributed by atoms with Crippen molar-refractivity contribution in [2.24, 2.45) is 0 Å². The highest BCUT2D eigenvalue weighted by atomic mass is 16.5. The molecule has 1 aliphatic rings. The molecule has 0 spiro atoms. The smallest absolute Gasteiger partial charge is 0.309 e. The molecule has 1 saturated heterocycles. The van der Waals surface area contributed by atoms with E-state index in [-0.39, 0.29) is 6.04 Å². The van der Waals surface area contributed by atoms with Gasteiger partial charge < -0.3 is 20.3 Å². The summed E-state index contributed by atoms with van der Waals surface area (Å²) >= 11 is 0. The molecular weight excluding hydrogens is 380 g/mol. The average molecular weight is 411 g/mol. The maximum Gasteiger partial charge on any atom is 0.309 e. The number of benzene rings is 2. The molecule has 0 saturated carbocycles. The molecule has 7 nitrogen and oxygen atoms in total. The van der Waals surface area contributed by atoms with E-state index in [1.165, 1.54) is 0 Å². The lowest BCUT2D eigenvalue weighted by Crippen LogP contribution is -2.49. The largest absolute Gasteiger partial charge is 0.495 e. The number of hydrogen-bond donors (Lipinski definition) is 2. The van der Waals surface area contributed by atoms with Gasteiger partial charge in [0.15, 0.2) is 0 Å². The molecule has 1 atom stereocenters.